The van der Waals surface area contributed by atoms with Crippen LogP contribution in [0.25, 0.3) is 0 Å². The van der Waals surface area contributed by atoms with Gasteiger partial charge >= 0.3 is 5.97 Å². The van der Waals surface area contributed by atoms with Crippen molar-refractivity contribution in [3.05, 3.63) is 22.6 Å². The normalized spacial score (nSPS) is 16.4. The van der Waals surface area contributed by atoms with Crippen LogP contribution in [0.4, 0.5) is 0 Å². The molecular formula is C14H20N2O4. The van der Waals surface area contributed by atoms with Crippen LogP contribution in [0.5, 0.6) is 0 Å². The number of hydrogen-bond donors (Lipinski definition) is 1. The highest BCUT2D eigenvalue weighted by molar-refractivity contribution is 5.97. The number of amides is 1. The fraction of sp³-hybridized carbons (Fsp3) is 0.571. The predicted octanol–water partition coefficient (Wildman–Crippen LogP) is 1.05. The number of aryl methyl sites for hydroxylation is 2. The van der Waals surface area contributed by atoms with Crippen LogP contribution in [0.2, 0.25) is 0 Å². The third-order valence-corrected chi connectivity index (χ3v) is 3.79. The lowest BCUT2D eigenvalue weighted by Gasteiger charge is -2.33. The summed E-state index contributed by atoms with van der Waals surface area (Å²) in [5.41, 5.74) is 1.54. The summed E-state index contributed by atoms with van der Waals surface area (Å²) in [6, 6.07) is 0. The van der Waals surface area contributed by atoms with Crippen molar-refractivity contribution in [1.82, 2.24) is 9.80 Å². The number of aliphatic carboxylic acids is 1. The van der Waals surface area contributed by atoms with Gasteiger partial charge < -0.3 is 14.4 Å². The maximum atomic E-state index is 12.5. The molecule has 6 heteroatoms. The van der Waals surface area contributed by atoms with E-state index < -0.39 is 5.97 Å². The number of carbonyl (C=O) groups excluding carboxylic acids is 1. The Hall–Kier alpha value is -1.82. The van der Waals surface area contributed by atoms with Gasteiger partial charge in [0.25, 0.3) is 5.91 Å². The van der Waals surface area contributed by atoms with Gasteiger partial charge in [0.15, 0.2) is 0 Å². The Morgan fingerprint density at radius 2 is 1.70 bits per heavy atom. The lowest BCUT2D eigenvalue weighted by molar-refractivity contribution is -0.138. The summed E-state index contributed by atoms with van der Waals surface area (Å²) >= 11 is 0. The summed E-state index contributed by atoms with van der Waals surface area (Å²) in [7, 11) is 0. The summed E-state index contributed by atoms with van der Waals surface area (Å²) in [4.78, 5) is 26.8. The number of carboxylic acids is 1. The zero-order valence-corrected chi connectivity index (χ0v) is 12.1. The molecule has 1 fully saturated rings. The maximum Gasteiger partial charge on any atom is 0.317 e. The highest BCUT2D eigenvalue weighted by atomic mass is 16.4. The van der Waals surface area contributed by atoms with Crippen molar-refractivity contribution in [2.45, 2.75) is 20.8 Å². The SMILES string of the molecule is Cc1oc(C)c(C(=O)N2CCN(CC(=O)O)CC2)c1C. The molecule has 1 aromatic rings. The molecule has 0 bridgehead atoms. The number of furan rings is 1. The number of hydrogen-bond acceptors (Lipinski definition) is 4. The predicted molar refractivity (Wildman–Crippen MR) is 72.9 cm³/mol. The minimum Gasteiger partial charge on any atom is -0.480 e. The summed E-state index contributed by atoms with van der Waals surface area (Å²) in [5, 5.41) is 8.76. The molecule has 1 aliphatic rings. The number of rotatable bonds is 3. The first-order chi connectivity index (χ1) is 9.40. The van der Waals surface area contributed by atoms with Crippen LogP contribution in [0.15, 0.2) is 4.42 Å². The Morgan fingerprint density at radius 1 is 1.10 bits per heavy atom. The molecule has 6 nitrogen and oxygen atoms in total. The maximum absolute atomic E-state index is 12.5. The Kier molecular flexibility index (Phi) is 4.13. The smallest absolute Gasteiger partial charge is 0.317 e. The lowest BCUT2D eigenvalue weighted by Crippen LogP contribution is -2.50. The Bertz CT molecular complexity index is 528. The highest BCUT2D eigenvalue weighted by Crippen LogP contribution is 2.22. The summed E-state index contributed by atoms with van der Waals surface area (Å²) in [6.07, 6.45) is 0. The summed E-state index contributed by atoms with van der Waals surface area (Å²) in [6.45, 7) is 7.85. The molecule has 2 rings (SSSR count). The molecule has 0 saturated carbocycles. The largest absolute Gasteiger partial charge is 0.480 e. The summed E-state index contributed by atoms with van der Waals surface area (Å²) in [5.74, 6) is 0.571. The van der Waals surface area contributed by atoms with E-state index in [1.54, 1.807) is 11.8 Å². The molecular weight excluding hydrogens is 260 g/mol. The first kappa shape index (κ1) is 14.6. The Morgan fingerprint density at radius 3 is 2.15 bits per heavy atom. The van der Waals surface area contributed by atoms with Gasteiger partial charge in [-0.15, -0.1) is 0 Å². The average molecular weight is 280 g/mol. The molecule has 0 spiro atoms. The van der Waals surface area contributed by atoms with E-state index in [1.807, 2.05) is 18.7 Å². The fourth-order valence-electron chi connectivity index (χ4n) is 2.57. The van der Waals surface area contributed by atoms with Crippen molar-refractivity contribution in [2.24, 2.45) is 0 Å². The molecule has 20 heavy (non-hydrogen) atoms. The van der Waals surface area contributed by atoms with Gasteiger partial charge in [0, 0.05) is 31.7 Å². The third kappa shape index (κ3) is 2.85. The first-order valence-electron chi connectivity index (χ1n) is 6.70. The van der Waals surface area contributed by atoms with Crippen LogP contribution < -0.4 is 0 Å². The second-order valence-electron chi connectivity index (χ2n) is 5.18. The molecule has 1 aromatic heterocycles. The zero-order valence-electron chi connectivity index (χ0n) is 12.1. The molecule has 0 radical (unpaired) electrons. The van der Waals surface area contributed by atoms with E-state index >= 15 is 0 Å². The van der Waals surface area contributed by atoms with E-state index in [9.17, 15) is 9.59 Å². The van der Waals surface area contributed by atoms with E-state index in [2.05, 4.69) is 0 Å². The zero-order chi connectivity index (χ0) is 14.9. The van der Waals surface area contributed by atoms with E-state index in [0.29, 0.717) is 37.5 Å². The van der Waals surface area contributed by atoms with Crippen LogP contribution in [0, 0.1) is 20.8 Å². The van der Waals surface area contributed by atoms with Crippen LogP contribution >= 0.6 is 0 Å². The van der Waals surface area contributed by atoms with Gasteiger partial charge in [-0.1, -0.05) is 0 Å². The van der Waals surface area contributed by atoms with Crippen molar-refractivity contribution in [1.29, 1.82) is 0 Å². The minimum atomic E-state index is -0.832. The molecule has 1 N–H and O–H groups in total. The first-order valence-corrected chi connectivity index (χ1v) is 6.70. The van der Waals surface area contributed by atoms with Crippen molar-refractivity contribution in [2.75, 3.05) is 32.7 Å². The standard InChI is InChI=1S/C14H20N2O4/c1-9-10(2)20-11(3)13(9)14(19)16-6-4-15(5-7-16)8-12(17)18/h4-8H2,1-3H3,(H,17,18). The second kappa shape index (κ2) is 5.66. The van der Waals surface area contributed by atoms with E-state index in [-0.39, 0.29) is 12.5 Å². The van der Waals surface area contributed by atoms with E-state index in [4.69, 9.17) is 9.52 Å². The fourth-order valence-corrected chi connectivity index (χ4v) is 2.57. The number of carbonyl (C=O) groups is 2. The van der Waals surface area contributed by atoms with Crippen molar-refractivity contribution in [3.63, 3.8) is 0 Å². The van der Waals surface area contributed by atoms with Crippen LogP contribution in [-0.4, -0.2) is 59.5 Å². The molecule has 1 saturated heterocycles. The van der Waals surface area contributed by atoms with E-state index in [0.717, 1.165) is 11.3 Å². The molecule has 0 aliphatic carbocycles. The molecule has 1 amide bonds. The molecule has 0 atom stereocenters. The van der Waals surface area contributed by atoms with Crippen molar-refractivity contribution >= 4 is 11.9 Å². The van der Waals surface area contributed by atoms with Gasteiger partial charge in [0.1, 0.15) is 11.5 Å². The van der Waals surface area contributed by atoms with Crippen LogP contribution in [0.3, 0.4) is 0 Å². The van der Waals surface area contributed by atoms with Gasteiger partial charge in [-0.2, -0.15) is 0 Å². The second-order valence-corrected chi connectivity index (χ2v) is 5.18. The molecule has 2 heterocycles. The molecule has 0 aromatic carbocycles. The van der Waals surface area contributed by atoms with Gasteiger partial charge in [-0.05, 0) is 20.8 Å². The Labute approximate surface area is 118 Å². The van der Waals surface area contributed by atoms with Gasteiger partial charge in [0.2, 0.25) is 0 Å². The quantitative estimate of drug-likeness (QED) is 0.895. The minimum absolute atomic E-state index is 0.0215. The van der Waals surface area contributed by atoms with Crippen molar-refractivity contribution in [3.8, 4) is 0 Å². The van der Waals surface area contributed by atoms with Crippen molar-refractivity contribution < 1.29 is 19.1 Å². The highest BCUT2D eigenvalue weighted by Gasteiger charge is 2.27. The van der Waals surface area contributed by atoms with Gasteiger partial charge in [0.05, 0.1) is 12.1 Å². The number of nitrogens with zero attached hydrogens (tertiary/aromatic N) is 2. The number of carboxylic acid groups (broad SMARTS) is 1. The Balaban J connectivity index is 2.03. The third-order valence-electron chi connectivity index (χ3n) is 3.79. The molecule has 0 unspecified atom stereocenters. The lowest BCUT2D eigenvalue weighted by atomic mass is 10.1. The van der Waals surface area contributed by atoms with Crippen LogP contribution in [-0.2, 0) is 4.79 Å². The summed E-state index contributed by atoms with van der Waals surface area (Å²) < 4.78 is 5.50. The molecule has 110 valence electrons. The average Bonchev–Trinajstić information content (AvgIpc) is 2.63. The number of piperazine rings is 1. The van der Waals surface area contributed by atoms with E-state index in [1.165, 1.54) is 0 Å². The monoisotopic (exact) mass is 280 g/mol. The molecule has 1 aliphatic heterocycles. The van der Waals surface area contributed by atoms with Crippen LogP contribution in [0.1, 0.15) is 27.4 Å². The van der Waals surface area contributed by atoms with Gasteiger partial charge in [-0.3, -0.25) is 14.5 Å². The van der Waals surface area contributed by atoms with Gasteiger partial charge in [-0.25, -0.2) is 0 Å². The topological polar surface area (TPSA) is 74.0 Å².